The summed E-state index contributed by atoms with van der Waals surface area (Å²) in [4.78, 5) is 35.5. The van der Waals surface area contributed by atoms with E-state index in [0.717, 1.165) is 23.4 Å². The van der Waals surface area contributed by atoms with Crippen molar-refractivity contribution < 1.29 is 19.6 Å². The van der Waals surface area contributed by atoms with Gasteiger partial charge in [0.15, 0.2) is 5.75 Å². The fraction of sp³-hybridized carbons (Fsp3) is 0.136. The molecule has 2 N–H and O–H groups in total. The monoisotopic (exact) mass is 436 g/mol. The number of aromatic hydroxyl groups is 1. The number of hydrazone groups is 1. The Morgan fingerprint density at radius 2 is 2.06 bits per heavy atom. The van der Waals surface area contributed by atoms with Crippen LogP contribution in [0.1, 0.15) is 27.0 Å². The smallest absolute Gasteiger partial charge is 0.315 e. The number of nitrogens with zero attached hydrogens (tertiary/aromatic N) is 3. The molecule has 0 aliphatic rings. The number of phenolic OH excluding ortho intramolecular Hbond substituents is 1. The maximum absolute atomic E-state index is 12.7. The highest BCUT2D eigenvalue weighted by Gasteiger charge is 2.19. The molecular formula is C22H20N4O6. The molecule has 1 amide bonds. The Morgan fingerprint density at radius 3 is 2.75 bits per heavy atom. The molecule has 3 rings (SSSR count). The molecule has 164 valence electrons. The molecule has 0 aliphatic carbocycles. The van der Waals surface area contributed by atoms with Gasteiger partial charge in [0.1, 0.15) is 5.56 Å². The van der Waals surface area contributed by atoms with Gasteiger partial charge in [-0.1, -0.05) is 29.8 Å². The Bertz CT molecular complexity index is 1270. The number of hydrogen-bond donors (Lipinski definition) is 2. The zero-order chi connectivity index (χ0) is 23.3. The summed E-state index contributed by atoms with van der Waals surface area (Å²) in [6, 6.07) is 13.0. The molecule has 0 atom stereocenters. The minimum Gasteiger partial charge on any atom is -0.500 e. The first-order valence-electron chi connectivity index (χ1n) is 9.44. The molecule has 0 radical (unpaired) electrons. The van der Waals surface area contributed by atoms with Gasteiger partial charge in [0.05, 0.1) is 24.8 Å². The number of benzene rings is 2. The van der Waals surface area contributed by atoms with Crippen LogP contribution < -0.4 is 15.7 Å². The minimum absolute atomic E-state index is 0.105. The highest BCUT2D eigenvalue weighted by atomic mass is 16.6. The third-order valence-electron chi connectivity index (χ3n) is 4.57. The average molecular weight is 436 g/mol. The summed E-state index contributed by atoms with van der Waals surface area (Å²) in [5.41, 5.74) is 3.26. The van der Waals surface area contributed by atoms with Crippen LogP contribution >= 0.6 is 0 Å². The summed E-state index contributed by atoms with van der Waals surface area (Å²) in [5, 5.41) is 24.6. The first-order chi connectivity index (χ1) is 15.3. The van der Waals surface area contributed by atoms with Crippen LogP contribution in [0.15, 0.2) is 64.6 Å². The van der Waals surface area contributed by atoms with Gasteiger partial charge >= 0.3 is 5.69 Å². The van der Waals surface area contributed by atoms with E-state index in [1.54, 1.807) is 12.3 Å². The van der Waals surface area contributed by atoms with Crippen molar-refractivity contribution in [3.63, 3.8) is 0 Å². The maximum Gasteiger partial charge on any atom is 0.315 e. The number of amides is 1. The van der Waals surface area contributed by atoms with Crippen LogP contribution in [0.3, 0.4) is 0 Å². The largest absolute Gasteiger partial charge is 0.500 e. The van der Waals surface area contributed by atoms with Crippen molar-refractivity contribution in [1.29, 1.82) is 0 Å². The van der Waals surface area contributed by atoms with Crippen LogP contribution in [0, 0.1) is 17.0 Å². The Morgan fingerprint density at radius 1 is 1.28 bits per heavy atom. The lowest BCUT2D eigenvalue weighted by Crippen LogP contribution is -2.30. The van der Waals surface area contributed by atoms with Gasteiger partial charge in [-0.25, -0.2) is 5.43 Å². The molecule has 1 heterocycles. The third-order valence-corrected chi connectivity index (χ3v) is 4.57. The number of hydrogen-bond acceptors (Lipinski definition) is 7. The average Bonchev–Trinajstić information content (AvgIpc) is 2.76. The predicted octanol–water partition coefficient (Wildman–Crippen LogP) is 2.59. The van der Waals surface area contributed by atoms with Crippen molar-refractivity contribution in [3.8, 4) is 11.5 Å². The Labute approximate surface area is 182 Å². The number of nitrogens with one attached hydrogen (secondary N) is 1. The van der Waals surface area contributed by atoms with Gasteiger partial charge in [0, 0.05) is 17.8 Å². The summed E-state index contributed by atoms with van der Waals surface area (Å²) in [5.74, 6) is -1.46. The molecule has 0 aliphatic heterocycles. The first kappa shape index (κ1) is 22.2. The molecular weight excluding hydrogens is 416 g/mol. The van der Waals surface area contributed by atoms with Gasteiger partial charge in [-0.15, -0.1) is 0 Å². The molecule has 10 nitrogen and oxygen atoms in total. The van der Waals surface area contributed by atoms with E-state index in [1.165, 1.54) is 23.8 Å². The Balaban J connectivity index is 1.78. The lowest BCUT2D eigenvalue weighted by atomic mass is 10.1. The van der Waals surface area contributed by atoms with Gasteiger partial charge in [0.2, 0.25) is 5.75 Å². The molecule has 2 aromatic carbocycles. The topological polar surface area (TPSA) is 136 Å². The molecule has 0 bridgehead atoms. The van der Waals surface area contributed by atoms with E-state index in [0.29, 0.717) is 6.54 Å². The lowest BCUT2D eigenvalue weighted by molar-refractivity contribution is -0.386. The second-order valence-corrected chi connectivity index (χ2v) is 6.89. The molecule has 0 saturated heterocycles. The van der Waals surface area contributed by atoms with Gasteiger partial charge in [0.25, 0.3) is 11.5 Å². The van der Waals surface area contributed by atoms with Gasteiger partial charge in [-0.3, -0.25) is 19.7 Å². The third kappa shape index (κ3) is 4.98. The predicted molar refractivity (Wildman–Crippen MR) is 117 cm³/mol. The van der Waals surface area contributed by atoms with E-state index in [9.17, 15) is 24.8 Å². The minimum atomic E-state index is -0.769. The van der Waals surface area contributed by atoms with Crippen molar-refractivity contribution in [2.75, 3.05) is 7.11 Å². The zero-order valence-electron chi connectivity index (χ0n) is 17.3. The number of aryl methyl sites for hydroxylation is 1. The van der Waals surface area contributed by atoms with Crippen molar-refractivity contribution in [3.05, 3.63) is 97.4 Å². The summed E-state index contributed by atoms with van der Waals surface area (Å²) in [6.07, 6.45) is 2.73. The molecule has 0 saturated carbocycles. The molecule has 10 heteroatoms. The van der Waals surface area contributed by atoms with Crippen LogP contribution in [0.5, 0.6) is 11.5 Å². The number of aromatic nitrogens is 1. The van der Waals surface area contributed by atoms with Gasteiger partial charge < -0.3 is 14.4 Å². The number of nitro groups is 1. The highest BCUT2D eigenvalue weighted by molar-refractivity contribution is 5.94. The summed E-state index contributed by atoms with van der Waals surface area (Å²) in [7, 11) is 1.25. The number of methoxy groups -OCH3 is 1. The number of carbonyl (C=O) groups excluding carboxylic acids is 1. The van der Waals surface area contributed by atoms with Gasteiger partial charge in [-0.05, 0) is 30.7 Å². The molecule has 0 unspecified atom stereocenters. The van der Waals surface area contributed by atoms with Crippen LogP contribution in [0.4, 0.5) is 5.69 Å². The summed E-state index contributed by atoms with van der Waals surface area (Å²) >= 11 is 0. The normalized spacial score (nSPS) is 10.8. The number of ether oxygens (including phenoxy) is 1. The fourth-order valence-electron chi connectivity index (χ4n) is 3.05. The Hall–Kier alpha value is -4.47. The van der Waals surface area contributed by atoms with E-state index in [1.807, 2.05) is 31.2 Å². The SMILES string of the molecule is COc1cc(/C=N\NC(=O)c2cccn(Cc3cccc(C)c3)c2=O)cc([N+](=O)[O-])c1O. The Kier molecular flexibility index (Phi) is 6.64. The highest BCUT2D eigenvalue weighted by Crippen LogP contribution is 2.36. The summed E-state index contributed by atoms with van der Waals surface area (Å²) in [6.45, 7) is 2.26. The quantitative estimate of drug-likeness (QED) is 0.332. The van der Waals surface area contributed by atoms with Crippen LogP contribution in [-0.4, -0.2) is 33.8 Å². The van der Waals surface area contributed by atoms with Crippen molar-refractivity contribution in [1.82, 2.24) is 9.99 Å². The van der Waals surface area contributed by atoms with Crippen molar-refractivity contribution >= 4 is 17.8 Å². The van der Waals surface area contributed by atoms with Crippen LogP contribution in [0.2, 0.25) is 0 Å². The van der Waals surface area contributed by atoms with E-state index in [4.69, 9.17) is 4.74 Å². The zero-order valence-corrected chi connectivity index (χ0v) is 17.3. The molecule has 3 aromatic rings. The first-order valence-corrected chi connectivity index (χ1v) is 9.44. The van der Waals surface area contributed by atoms with E-state index >= 15 is 0 Å². The van der Waals surface area contributed by atoms with Crippen LogP contribution in [0.25, 0.3) is 0 Å². The lowest BCUT2D eigenvalue weighted by Gasteiger charge is -2.08. The van der Waals surface area contributed by atoms with Crippen molar-refractivity contribution in [2.45, 2.75) is 13.5 Å². The van der Waals surface area contributed by atoms with E-state index in [2.05, 4.69) is 10.5 Å². The number of nitro benzene ring substituents is 1. The second-order valence-electron chi connectivity index (χ2n) is 6.89. The summed E-state index contributed by atoms with van der Waals surface area (Å²) < 4.78 is 6.33. The van der Waals surface area contributed by atoms with E-state index in [-0.39, 0.29) is 16.9 Å². The molecule has 32 heavy (non-hydrogen) atoms. The standard InChI is InChI=1S/C22H20N4O6/c1-14-5-3-6-15(9-14)13-25-8-4-7-17(22(25)29)21(28)24-23-12-16-10-18(26(30)31)20(27)19(11-16)32-2/h3-12,27H,13H2,1-2H3,(H,24,28)/b23-12-. The van der Waals surface area contributed by atoms with E-state index < -0.39 is 27.8 Å². The number of carbonyl (C=O) groups is 1. The molecule has 1 aromatic heterocycles. The van der Waals surface area contributed by atoms with Gasteiger partial charge in [-0.2, -0.15) is 5.10 Å². The molecule has 0 spiro atoms. The number of pyridine rings is 1. The van der Waals surface area contributed by atoms with Crippen molar-refractivity contribution in [2.24, 2.45) is 5.10 Å². The second kappa shape index (κ2) is 9.56. The number of phenols is 1. The van der Waals surface area contributed by atoms with Crippen LogP contribution in [-0.2, 0) is 6.54 Å². The number of rotatable bonds is 7. The fourth-order valence-corrected chi connectivity index (χ4v) is 3.05. The maximum atomic E-state index is 12.7. The molecule has 0 fully saturated rings.